The van der Waals surface area contributed by atoms with E-state index in [4.69, 9.17) is 0 Å². The Labute approximate surface area is 229 Å². The minimum Gasteiger partial charge on any atom is -0.352 e. The first kappa shape index (κ1) is 26.3. The topological polar surface area (TPSA) is 92.2 Å². The molecule has 1 atom stereocenters. The standard InChI is InChI=1S/C31H34N6O2/c1-3-30(38)34-26-10-7-13-36(20-26)19-23-14-27(17-28(15-23)37-18-22(2)33-21-37)35-31(39)29-16-25(11-12-32-29)24-8-5-4-6-9-24/h4-6,8-9,11-12,14-18,21,26H,3,7,10,13,19-20H2,1-2H3,(H,34,38)(H,35,39)/t26-/m0/s1. The van der Waals surface area contributed by atoms with Crippen LogP contribution < -0.4 is 10.6 Å². The number of carbonyl (C=O) groups is 2. The number of aryl methyl sites for hydroxylation is 1. The zero-order valence-corrected chi connectivity index (χ0v) is 22.4. The molecular formula is C31H34N6O2. The summed E-state index contributed by atoms with van der Waals surface area (Å²) in [6, 6.07) is 19.9. The van der Waals surface area contributed by atoms with Gasteiger partial charge in [-0.15, -0.1) is 0 Å². The second-order valence-corrected chi connectivity index (χ2v) is 10.1. The van der Waals surface area contributed by atoms with Crippen LogP contribution in [-0.4, -0.2) is 50.4 Å². The molecule has 8 heteroatoms. The number of nitrogens with one attached hydrogen (secondary N) is 2. The van der Waals surface area contributed by atoms with Crippen LogP contribution in [0.1, 0.15) is 47.9 Å². The normalized spacial score (nSPS) is 15.6. The highest BCUT2D eigenvalue weighted by Crippen LogP contribution is 2.24. The van der Waals surface area contributed by atoms with E-state index in [1.165, 1.54) is 0 Å². The van der Waals surface area contributed by atoms with Gasteiger partial charge in [0.25, 0.3) is 5.91 Å². The molecule has 0 saturated carbocycles. The summed E-state index contributed by atoms with van der Waals surface area (Å²) >= 11 is 0. The molecule has 0 unspecified atom stereocenters. The van der Waals surface area contributed by atoms with Gasteiger partial charge >= 0.3 is 0 Å². The van der Waals surface area contributed by atoms with Gasteiger partial charge in [-0.3, -0.25) is 19.5 Å². The Hall–Kier alpha value is -4.30. The van der Waals surface area contributed by atoms with Gasteiger partial charge in [0.05, 0.1) is 12.0 Å². The lowest BCUT2D eigenvalue weighted by Crippen LogP contribution is -2.47. The summed E-state index contributed by atoms with van der Waals surface area (Å²) in [5, 5.41) is 6.20. The van der Waals surface area contributed by atoms with E-state index < -0.39 is 0 Å². The zero-order valence-electron chi connectivity index (χ0n) is 22.4. The highest BCUT2D eigenvalue weighted by molar-refractivity contribution is 6.03. The first-order valence-corrected chi connectivity index (χ1v) is 13.5. The summed E-state index contributed by atoms with van der Waals surface area (Å²) < 4.78 is 1.96. The molecule has 2 aromatic heterocycles. The van der Waals surface area contributed by atoms with Crippen LogP contribution in [-0.2, 0) is 11.3 Å². The first-order valence-electron chi connectivity index (χ1n) is 13.5. The Kier molecular flexibility index (Phi) is 8.13. The van der Waals surface area contributed by atoms with E-state index in [0.29, 0.717) is 24.3 Å². The van der Waals surface area contributed by atoms with Crippen LogP contribution in [0.2, 0.25) is 0 Å². The number of benzene rings is 2. The van der Waals surface area contributed by atoms with Crippen molar-refractivity contribution in [3.05, 3.63) is 96.3 Å². The van der Waals surface area contributed by atoms with Crippen molar-refractivity contribution in [2.45, 2.75) is 45.7 Å². The predicted octanol–water partition coefficient (Wildman–Crippen LogP) is 4.99. The number of imidazole rings is 1. The monoisotopic (exact) mass is 522 g/mol. The Balaban J connectivity index is 1.38. The van der Waals surface area contributed by atoms with Gasteiger partial charge in [-0.1, -0.05) is 37.3 Å². The van der Waals surface area contributed by atoms with E-state index in [-0.39, 0.29) is 17.9 Å². The summed E-state index contributed by atoms with van der Waals surface area (Å²) in [7, 11) is 0. The van der Waals surface area contributed by atoms with Crippen LogP contribution in [0.15, 0.2) is 79.4 Å². The summed E-state index contributed by atoms with van der Waals surface area (Å²) in [4.78, 5) is 36.3. The van der Waals surface area contributed by atoms with E-state index in [1.807, 2.05) is 79.2 Å². The molecule has 200 valence electrons. The second kappa shape index (κ2) is 12.0. The Morgan fingerprint density at radius 3 is 2.64 bits per heavy atom. The van der Waals surface area contributed by atoms with Crippen molar-refractivity contribution in [1.29, 1.82) is 0 Å². The van der Waals surface area contributed by atoms with Crippen LogP contribution in [0.5, 0.6) is 0 Å². The van der Waals surface area contributed by atoms with Gasteiger partial charge in [0.1, 0.15) is 5.69 Å². The molecule has 0 spiro atoms. The number of likely N-dealkylation sites (tertiary alicyclic amines) is 1. The van der Waals surface area contributed by atoms with Crippen molar-refractivity contribution in [3.63, 3.8) is 0 Å². The average Bonchev–Trinajstić information content (AvgIpc) is 3.40. The van der Waals surface area contributed by atoms with E-state index in [0.717, 1.165) is 54.0 Å². The number of amides is 2. The molecule has 0 aliphatic carbocycles. The predicted molar refractivity (Wildman–Crippen MR) is 153 cm³/mol. The van der Waals surface area contributed by atoms with Crippen molar-refractivity contribution >= 4 is 17.5 Å². The maximum atomic E-state index is 13.3. The molecule has 8 nitrogen and oxygen atoms in total. The lowest BCUT2D eigenvalue weighted by atomic mass is 10.0. The fourth-order valence-corrected chi connectivity index (χ4v) is 5.01. The molecule has 2 N–H and O–H groups in total. The van der Waals surface area contributed by atoms with Crippen LogP contribution >= 0.6 is 0 Å². The molecule has 4 aromatic rings. The molecule has 1 aliphatic heterocycles. The minimum atomic E-state index is -0.266. The first-order chi connectivity index (χ1) is 19.0. The number of carbonyl (C=O) groups excluding carboxylic acids is 2. The highest BCUT2D eigenvalue weighted by atomic mass is 16.2. The maximum Gasteiger partial charge on any atom is 0.274 e. The van der Waals surface area contributed by atoms with Gasteiger partial charge in [-0.25, -0.2) is 4.98 Å². The Morgan fingerprint density at radius 2 is 1.87 bits per heavy atom. The smallest absolute Gasteiger partial charge is 0.274 e. The summed E-state index contributed by atoms with van der Waals surface area (Å²) in [5.74, 6) is -0.174. The largest absolute Gasteiger partial charge is 0.352 e. The fraction of sp³-hybridized carbons (Fsp3) is 0.290. The van der Waals surface area contributed by atoms with E-state index in [1.54, 1.807) is 12.5 Å². The number of pyridine rings is 1. The number of anilines is 1. The SMILES string of the molecule is CCC(=O)N[C@H]1CCCN(Cc2cc(NC(=O)c3cc(-c4ccccc4)ccn3)cc(-n3cnc(C)c3)c2)C1. The molecule has 5 rings (SSSR count). The van der Waals surface area contributed by atoms with Crippen LogP contribution in [0.25, 0.3) is 16.8 Å². The third-order valence-corrected chi connectivity index (χ3v) is 6.94. The number of hydrogen-bond donors (Lipinski definition) is 2. The summed E-state index contributed by atoms with van der Waals surface area (Å²) in [5.41, 5.74) is 5.92. The summed E-state index contributed by atoms with van der Waals surface area (Å²) in [6.07, 6.45) is 7.93. The molecule has 1 fully saturated rings. The Bertz CT molecular complexity index is 1450. The van der Waals surface area contributed by atoms with Crippen molar-refractivity contribution < 1.29 is 9.59 Å². The van der Waals surface area contributed by atoms with Crippen molar-refractivity contribution in [3.8, 4) is 16.8 Å². The maximum absolute atomic E-state index is 13.3. The number of nitrogens with zero attached hydrogens (tertiary/aromatic N) is 4. The minimum absolute atomic E-state index is 0.0919. The van der Waals surface area contributed by atoms with E-state index in [2.05, 4.69) is 31.6 Å². The Morgan fingerprint density at radius 1 is 1.03 bits per heavy atom. The van der Waals surface area contributed by atoms with Crippen molar-refractivity contribution in [2.75, 3.05) is 18.4 Å². The number of rotatable bonds is 8. The van der Waals surface area contributed by atoms with Gasteiger partial charge in [-0.2, -0.15) is 0 Å². The molecule has 3 heterocycles. The molecular weight excluding hydrogens is 488 g/mol. The third kappa shape index (κ3) is 6.78. The highest BCUT2D eigenvalue weighted by Gasteiger charge is 2.21. The molecule has 39 heavy (non-hydrogen) atoms. The number of piperidine rings is 1. The van der Waals surface area contributed by atoms with Crippen LogP contribution in [0, 0.1) is 6.92 Å². The van der Waals surface area contributed by atoms with E-state index >= 15 is 0 Å². The van der Waals surface area contributed by atoms with Gasteiger partial charge in [0.2, 0.25) is 5.91 Å². The quantitative estimate of drug-likeness (QED) is 0.340. The molecule has 0 radical (unpaired) electrons. The lowest BCUT2D eigenvalue weighted by molar-refractivity contribution is -0.121. The van der Waals surface area contributed by atoms with Crippen molar-refractivity contribution in [2.24, 2.45) is 0 Å². The molecule has 1 saturated heterocycles. The van der Waals surface area contributed by atoms with Gasteiger partial charge in [0.15, 0.2) is 0 Å². The van der Waals surface area contributed by atoms with Crippen LogP contribution in [0.4, 0.5) is 5.69 Å². The molecule has 2 aromatic carbocycles. The van der Waals surface area contributed by atoms with Gasteiger partial charge < -0.3 is 15.2 Å². The molecule has 0 bridgehead atoms. The van der Waals surface area contributed by atoms with E-state index in [9.17, 15) is 9.59 Å². The molecule has 1 aliphatic rings. The van der Waals surface area contributed by atoms with Crippen molar-refractivity contribution in [1.82, 2.24) is 24.8 Å². The average molecular weight is 523 g/mol. The summed E-state index contributed by atoms with van der Waals surface area (Å²) in [6.45, 7) is 6.31. The number of aromatic nitrogens is 3. The van der Waals surface area contributed by atoms with Gasteiger partial charge in [-0.05, 0) is 73.3 Å². The zero-order chi connectivity index (χ0) is 27.2. The third-order valence-electron chi connectivity index (χ3n) is 6.94. The molecule has 2 amide bonds. The fourth-order valence-electron chi connectivity index (χ4n) is 5.01. The van der Waals surface area contributed by atoms with Crippen LogP contribution in [0.3, 0.4) is 0 Å². The number of hydrogen-bond acceptors (Lipinski definition) is 5. The van der Waals surface area contributed by atoms with Gasteiger partial charge in [0, 0.05) is 49.3 Å². The second-order valence-electron chi connectivity index (χ2n) is 10.1. The lowest BCUT2D eigenvalue weighted by Gasteiger charge is -2.33.